The van der Waals surface area contributed by atoms with Gasteiger partial charge in [0, 0.05) is 17.7 Å². The number of anilines is 3. The van der Waals surface area contributed by atoms with Gasteiger partial charge in [0.1, 0.15) is 0 Å². The molecule has 0 fully saturated rings. The van der Waals surface area contributed by atoms with Gasteiger partial charge in [0.2, 0.25) is 11.7 Å². The van der Waals surface area contributed by atoms with E-state index in [1.807, 2.05) is 0 Å². The van der Waals surface area contributed by atoms with Gasteiger partial charge in [-0.1, -0.05) is 30.3 Å². The lowest BCUT2D eigenvalue weighted by Gasteiger charge is -2.25. The summed E-state index contributed by atoms with van der Waals surface area (Å²) in [7, 11) is 5.96. The molecule has 0 radical (unpaired) electrons. The predicted octanol–water partition coefficient (Wildman–Crippen LogP) is 5.04. The lowest BCUT2D eigenvalue weighted by atomic mass is 10.1. The summed E-state index contributed by atoms with van der Waals surface area (Å²) < 4.78 is 21.6. The van der Waals surface area contributed by atoms with E-state index in [0.29, 0.717) is 56.8 Å². The maximum atomic E-state index is 13.8. The summed E-state index contributed by atoms with van der Waals surface area (Å²) in [5, 5.41) is 13.1. The Morgan fingerprint density at radius 1 is 0.786 bits per heavy atom. The van der Waals surface area contributed by atoms with Crippen molar-refractivity contribution < 1.29 is 33.6 Å². The number of carbonyl (C=O) groups is 2. The normalized spacial score (nSPS) is 10.5. The molecule has 4 N–H and O–H groups in total. The number of amides is 2. The molecule has 0 aliphatic carbocycles. The minimum atomic E-state index is -0.316. The van der Waals surface area contributed by atoms with Gasteiger partial charge in [-0.05, 0) is 47.5 Å². The largest absolute Gasteiger partial charge is 0.504 e. The number of nitrogen functional groups attached to an aromatic ring is 1. The van der Waals surface area contributed by atoms with Crippen LogP contribution in [0.25, 0.3) is 0 Å². The molecular weight excluding hydrogens is 538 g/mol. The van der Waals surface area contributed by atoms with Crippen molar-refractivity contribution in [3.8, 4) is 28.7 Å². The molecule has 0 heterocycles. The number of nitrogens with two attached hydrogens (primary N) is 1. The highest BCUT2D eigenvalue weighted by molar-refractivity contribution is 6.05. The molecule has 10 nitrogen and oxygen atoms in total. The molecule has 0 aliphatic heterocycles. The highest BCUT2D eigenvalue weighted by Gasteiger charge is 2.22. The lowest BCUT2D eigenvalue weighted by Crippen LogP contribution is -2.32. The predicted molar refractivity (Wildman–Crippen MR) is 161 cm³/mol. The first-order valence-electron chi connectivity index (χ1n) is 13.0. The van der Waals surface area contributed by atoms with Crippen LogP contribution in [-0.4, -0.2) is 45.4 Å². The number of ether oxygens (including phenoxy) is 4. The minimum Gasteiger partial charge on any atom is -0.504 e. The number of hydrogen-bond donors (Lipinski definition) is 3. The first-order chi connectivity index (χ1) is 20.3. The van der Waals surface area contributed by atoms with Gasteiger partial charge in [0.05, 0.1) is 58.5 Å². The van der Waals surface area contributed by atoms with Crippen LogP contribution in [0.15, 0.2) is 78.9 Å². The monoisotopic (exact) mass is 571 g/mol. The fourth-order valence-electron chi connectivity index (χ4n) is 4.41. The Kier molecular flexibility index (Phi) is 9.39. The fourth-order valence-corrected chi connectivity index (χ4v) is 4.41. The molecule has 0 spiro atoms. The molecule has 0 aliphatic rings. The van der Waals surface area contributed by atoms with Crippen molar-refractivity contribution in [2.75, 3.05) is 44.4 Å². The lowest BCUT2D eigenvalue weighted by molar-refractivity contribution is -0.118. The van der Waals surface area contributed by atoms with Gasteiger partial charge in [0.25, 0.3) is 5.91 Å². The zero-order valence-electron chi connectivity index (χ0n) is 23.8. The number of methoxy groups -OCH3 is 4. The highest BCUT2D eigenvalue weighted by atomic mass is 16.5. The molecule has 4 aromatic rings. The summed E-state index contributed by atoms with van der Waals surface area (Å²) in [5.74, 6) is 0.887. The summed E-state index contributed by atoms with van der Waals surface area (Å²) in [6, 6.07) is 22.1. The molecule has 0 aromatic heterocycles. The molecule has 10 heteroatoms. The highest BCUT2D eigenvalue weighted by Crippen LogP contribution is 2.41. The number of phenols is 1. The van der Waals surface area contributed by atoms with Gasteiger partial charge in [-0.15, -0.1) is 0 Å². The number of hydrogen-bond acceptors (Lipinski definition) is 8. The second kappa shape index (κ2) is 13.3. The van der Waals surface area contributed by atoms with E-state index in [4.69, 9.17) is 24.7 Å². The van der Waals surface area contributed by atoms with E-state index >= 15 is 0 Å². The Labute approximate surface area is 244 Å². The maximum absolute atomic E-state index is 13.8. The van der Waals surface area contributed by atoms with Crippen molar-refractivity contribution in [1.82, 2.24) is 0 Å². The van der Waals surface area contributed by atoms with Gasteiger partial charge in [-0.25, -0.2) is 0 Å². The second-order valence-electron chi connectivity index (χ2n) is 9.28. The Morgan fingerprint density at radius 3 is 1.98 bits per heavy atom. The number of benzene rings is 4. The SMILES string of the molecule is COc1ccc(CN(C(=O)Cc2ccc(C(=O)Nc3ccccc3N)cc2)c2cc(OC)c(OC)c(OC)c2)cc1O. The summed E-state index contributed by atoms with van der Waals surface area (Å²) in [6.45, 7) is 0.133. The van der Waals surface area contributed by atoms with Crippen LogP contribution in [0.5, 0.6) is 28.7 Å². The standard InChI is InChI=1S/C32H33N3O7/c1-39-27-14-11-21(15-26(27)36)19-35(23-17-28(40-2)31(42-4)29(18-23)41-3)30(37)16-20-9-12-22(13-10-20)32(38)34-25-8-6-5-7-24(25)33/h5-15,17-18,36H,16,19,33H2,1-4H3,(H,34,38). The summed E-state index contributed by atoms with van der Waals surface area (Å²) in [4.78, 5) is 28.1. The second-order valence-corrected chi connectivity index (χ2v) is 9.28. The Morgan fingerprint density at radius 2 is 1.40 bits per heavy atom. The third kappa shape index (κ3) is 6.67. The number of para-hydroxylation sites is 2. The Bertz CT molecular complexity index is 1550. The van der Waals surface area contributed by atoms with Crippen molar-refractivity contribution in [3.63, 3.8) is 0 Å². The summed E-state index contributed by atoms with van der Waals surface area (Å²) in [5.41, 5.74) is 9.21. The Hall–Kier alpha value is -5.38. The van der Waals surface area contributed by atoms with Gasteiger partial charge in [-0.3, -0.25) is 9.59 Å². The van der Waals surface area contributed by atoms with E-state index in [9.17, 15) is 14.7 Å². The third-order valence-electron chi connectivity index (χ3n) is 6.63. The average molecular weight is 572 g/mol. The topological polar surface area (TPSA) is 133 Å². The van der Waals surface area contributed by atoms with E-state index < -0.39 is 0 Å². The minimum absolute atomic E-state index is 0.0341. The van der Waals surface area contributed by atoms with E-state index in [0.717, 1.165) is 0 Å². The number of phenolic OH excluding ortho intramolecular Hbond substituents is 1. The number of rotatable bonds is 11. The number of nitrogens with zero attached hydrogens (tertiary/aromatic N) is 1. The van der Waals surface area contributed by atoms with Crippen LogP contribution >= 0.6 is 0 Å². The molecule has 0 atom stereocenters. The molecule has 42 heavy (non-hydrogen) atoms. The van der Waals surface area contributed by atoms with Crippen molar-refractivity contribution in [1.29, 1.82) is 0 Å². The fraction of sp³-hybridized carbons (Fsp3) is 0.188. The van der Waals surface area contributed by atoms with Crippen molar-refractivity contribution in [2.45, 2.75) is 13.0 Å². The van der Waals surface area contributed by atoms with Crippen LogP contribution in [-0.2, 0) is 17.8 Å². The Balaban J connectivity index is 1.61. The van der Waals surface area contributed by atoms with E-state index in [1.165, 1.54) is 28.4 Å². The van der Waals surface area contributed by atoms with Gasteiger partial charge >= 0.3 is 0 Å². The first-order valence-corrected chi connectivity index (χ1v) is 13.0. The van der Waals surface area contributed by atoms with Crippen molar-refractivity contribution >= 4 is 28.9 Å². The van der Waals surface area contributed by atoms with E-state index in [2.05, 4.69) is 5.32 Å². The molecule has 218 valence electrons. The molecule has 0 saturated carbocycles. The number of carbonyl (C=O) groups excluding carboxylic acids is 2. The zero-order valence-corrected chi connectivity index (χ0v) is 23.8. The van der Waals surface area contributed by atoms with Crippen molar-refractivity contribution in [3.05, 3.63) is 95.6 Å². The molecule has 2 amide bonds. The van der Waals surface area contributed by atoms with Crippen LogP contribution in [0.1, 0.15) is 21.5 Å². The van der Waals surface area contributed by atoms with E-state index in [1.54, 1.807) is 83.8 Å². The van der Waals surface area contributed by atoms with Crippen LogP contribution in [0.2, 0.25) is 0 Å². The first kappa shape index (κ1) is 29.6. The van der Waals surface area contributed by atoms with Crippen LogP contribution < -0.4 is 34.9 Å². The smallest absolute Gasteiger partial charge is 0.255 e. The number of nitrogens with one attached hydrogen (secondary N) is 1. The average Bonchev–Trinajstić information content (AvgIpc) is 3.00. The maximum Gasteiger partial charge on any atom is 0.255 e. The van der Waals surface area contributed by atoms with Crippen LogP contribution in [0.4, 0.5) is 17.1 Å². The van der Waals surface area contributed by atoms with Gasteiger partial charge < -0.3 is 40.0 Å². The molecule has 0 unspecified atom stereocenters. The van der Waals surface area contributed by atoms with Gasteiger partial charge in [-0.2, -0.15) is 0 Å². The summed E-state index contributed by atoms with van der Waals surface area (Å²) >= 11 is 0. The summed E-state index contributed by atoms with van der Waals surface area (Å²) in [6.07, 6.45) is 0.0341. The molecule has 0 bridgehead atoms. The molecule has 0 saturated heterocycles. The van der Waals surface area contributed by atoms with Gasteiger partial charge in [0.15, 0.2) is 23.0 Å². The van der Waals surface area contributed by atoms with Crippen LogP contribution in [0, 0.1) is 0 Å². The number of aromatic hydroxyl groups is 1. The van der Waals surface area contributed by atoms with Crippen LogP contribution in [0.3, 0.4) is 0 Å². The van der Waals surface area contributed by atoms with Crippen molar-refractivity contribution in [2.24, 2.45) is 0 Å². The molecular formula is C32H33N3O7. The quantitative estimate of drug-likeness (QED) is 0.213. The molecule has 4 rings (SSSR count). The zero-order chi connectivity index (χ0) is 30.2. The third-order valence-corrected chi connectivity index (χ3v) is 6.63. The molecule has 4 aromatic carbocycles. The van der Waals surface area contributed by atoms with E-state index in [-0.39, 0.29) is 30.5 Å².